The third-order valence-corrected chi connectivity index (χ3v) is 2.40. The van der Waals surface area contributed by atoms with Crippen LogP contribution in [0.5, 0.6) is 11.6 Å². The van der Waals surface area contributed by atoms with Crippen LogP contribution in [0, 0.1) is 0 Å². The highest BCUT2D eigenvalue weighted by molar-refractivity contribution is 7.79. The molecule has 0 saturated heterocycles. The van der Waals surface area contributed by atoms with E-state index in [9.17, 15) is 8.76 Å². The molecule has 0 aliphatic rings. The molecule has 1 heterocycles. The Hall–Kier alpha value is -1.72. The maximum Gasteiger partial charge on any atom is 0.220 e. The molecule has 2 rings (SSSR count). The lowest BCUT2D eigenvalue weighted by Gasteiger charge is -2.07. The predicted molar refractivity (Wildman–Crippen MR) is 57.9 cm³/mol. The Morgan fingerprint density at radius 3 is 2.50 bits per heavy atom. The van der Waals surface area contributed by atoms with E-state index >= 15 is 0 Å². The number of hydrogen-bond acceptors (Lipinski definition) is 4. The normalized spacial score (nSPS) is 12.1. The van der Waals surface area contributed by atoms with Gasteiger partial charge in [0.25, 0.3) is 0 Å². The molecule has 1 atom stereocenters. The monoisotopic (exact) mass is 234 g/mol. The van der Waals surface area contributed by atoms with Gasteiger partial charge in [-0.15, -0.1) is 0 Å². The SMILES string of the molecule is O=S([O-])c1cccc(Oc2ccccc2)n1. The molecule has 0 radical (unpaired) electrons. The molecule has 0 aliphatic carbocycles. The number of hydrogen-bond donors (Lipinski definition) is 0. The number of para-hydroxylation sites is 1. The fourth-order valence-corrected chi connectivity index (χ4v) is 1.51. The summed E-state index contributed by atoms with van der Waals surface area (Å²) in [4.78, 5) is 3.83. The lowest BCUT2D eigenvalue weighted by Crippen LogP contribution is -1.95. The zero-order chi connectivity index (χ0) is 11.4. The molecule has 0 N–H and O–H groups in total. The highest BCUT2D eigenvalue weighted by atomic mass is 32.2. The minimum atomic E-state index is -2.34. The Labute approximate surface area is 95.2 Å². The molecule has 1 unspecified atom stereocenters. The van der Waals surface area contributed by atoms with Gasteiger partial charge in [-0.05, 0) is 29.3 Å². The highest BCUT2D eigenvalue weighted by Gasteiger charge is 2.00. The van der Waals surface area contributed by atoms with Gasteiger partial charge >= 0.3 is 0 Å². The molecular formula is C11H8NO3S-. The van der Waals surface area contributed by atoms with Crippen LogP contribution in [0.15, 0.2) is 53.6 Å². The number of benzene rings is 1. The minimum Gasteiger partial charge on any atom is -0.767 e. The van der Waals surface area contributed by atoms with E-state index in [1.807, 2.05) is 18.2 Å². The quantitative estimate of drug-likeness (QED) is 0.763. The topological polar surface area (TPSA) is 62.2 Å². The Kier molecular flexibility index (Phi) is 3.28. The number of nitrogens with zero attached hydrogens (tertiary/aromatic N) is 1. The van der Waals surface area contributed by atoms with Crippen LogP contribution in [-0.4, -0.2) is 13.7 Å². The Morgan fingerprint density at radius 1 is 1.06 bits per heavy atom. The molecule has 16 heavy (non-hydrogen) atoms. The first-order valence-electron chi connectivity index (χ1n) is 4.55. The smallest absolute Gasteiger partial charge is 0.220 e. The van der Waals surface area contributed by atoms with Gasteiger partial charge in [-0.25, -0.2) is 4.98 Å². The van der Waals surface area contributed by atoms with E-state index in [4.69, 9.17) is 4.74 Å². The van der Waals surface area contributed by atoms with Crippen molar-refractivity contribution in [1.29, 1.82) is 0 Å². The molecule has 1 aromatic heterocycles. The maximum atomic E-state index is 10.7. The Morgan fingerprint density at radius 2 is 1.81 bits per heavy atom. The number of aromatic nitrogens is 1. The second-order valence-electron chi connectivity index (χ2n) is 2.96. The summed E-state index contributed by atoms with van der Waals surface area (Å²) in [6.07, 6.45) is 0. The first-order chi connectivity index (χ1) is 7.75. The predicted octanol–water partition coefficient (Wildman–Crippen LogP) is 2.11. The summed E-state index contributed by atoms with van der Waals surface area (Å²) in [6, 6.07) is 13.6. The van der Waals surface area contributed by atoms with Crippen molar-refractivity contribution in [2.75, 3.05) is 0 Å². The molecule has 4 nitrogen and oxygen atoms in total. The number of pyridine rings is 1. The summed E-state index contributed by atoms with van der Waals surface area (Å²) in [5.41, 5.74) is 0. The molecule has 5 heteroatoms. The van der Waals surface area contributed by atoms with E-state index in [0.29, 0.717) is 5.75 Å². The van der Waals surface area contributed by atoms with E-state index in [0.717, 1.165) is 0 Å². The van der Waals surface area contributed by atoms with Crippen molar-refractivity contribution in [3.8, 4) is 11.6 Å². The van der Waals surface area contributed by atoms with Gasteiger partial charge in [0, 0.05) is 6.07 Å². The van der Waals surface area contributed by atoms with Crippen molar-refractivity contribution >= 4 is 11.1 Å². The van der Waals surface area contributed by atoms with Crippen molar-refractivity contribution in [3.63, 3.8) is 0 Å². The summed E-state index contributed by atoms with van der Waals surface area (Å²) in [5, 5.41) is -0.0339. The summed E-state index contributed by atoms with van der Waals surface area (Å²) in [6.45, 7) is 0. The van der Waals surface area contributed by atoms with Gasteiger partial charge in [0.05, 0.1) is 0 Å². The highest BCUT2D eigenvalue weighted by Crippen LogP contribution is 2.19. The number of rotatable bonds is 3. The average molecular weight is 234 g/mol. The van der Waals surface area contributed by atoms with Gasteiger partial charge in [-0.1, -0.05) is 24.3 Å². The maximum absolute atomic E-state index is 10.7. The van der Waals surface area contributed by atoms with E-state index in [-0.39, 0.29) is 10.9 Å². The molecule has 1 aromatic carbocycles. The van der Waals surface area contributed by atoms with Crippen molar-refractivity contribution in [2.45, 2.75) is 5.03 Å². The first-order valence-corrected chi connectivity index (χ1v) is 5.62. The Bertz CT molecular complexity index is 502. The minimum absolute atomic E-state index is 0.0339. The fourth-order valence-electron chi connectivity index (χ4n) is 1.15. The van der Waals surface area contributed by atoms with Crippen LogP contribution >= 0.6 is 0 Å². The zero-order valence-electron chi connectivity index (χ0n) is 8.20. The Balaban J connectivity index is 2.22. The summed E-state index contributed by atoms with van der Waals surface area (Å²) < 4.78 is 26.8. The molecule has 0 aliphatic heterocycles. The van der Waals surface area contributed by atoms with Crippen molar-refractivity contribution < 1.29 is 13.5 Å². The second-order valence-corrected chi connectivity index (χ2v) is 3.85. The van der Waals surface area contributed by atoms with Crippen LogP contribution in [0.2, 0.25) is 0 Å². The van der Waals surface area contributed by atoms with E-state index in [1.54, 1.807) is 24.3 Å². The third kappa shape index (κ3) is 2.65. The molecule has 0 fully saturated rings. The summed E-state index contributed by atoms with van der Waals surface area (Å²) >= 11 is -2.34. The van der Waals surface area contributed by atoms with Crippen LogP contribution in [0.25, 0.3) is 0 Å². The molecule has 0 amide bonds. The van der Waals surface area contributed by atoms with E-state index < -0.39 is 11.1 Å². The van der Waals surface area contributed by atoms with Crippen molar-refractivity contribution in [3.05, 3.63) is 48.5 Å². The van der Waals surface area contributed by atoms with Gasteiger partial charge in [0.2, 0.25) is 5.88 Å². The van der Waals surface area contributed by atoms with Gasteiger partial charge in [0.15, 0.2) is 0 Å². The molecule has 0 bridgehead atoms. The van der Waals surface area contributed by atoms with Crippen LogP contribution in [0.1, 0.15) is 0 Å². The van der Waals surface area contributed by atoms with Crippen LogP contribution < -0.4 is 4.74 Å². The molecule has 82 valence electrons. The van der Waals surface area contributed by atoms with E-state index in [2.05, 4.69) is 4.98 Å². The molecular weight excluding hydrogens is 226 g/mol. The summed E-state index contributed by atoms with van der Waals surface area (Å²) in [7, 11) is 0. The molecule has 0 spiro atoms. The lowest BCUT2D eigenvalue weighted by molar-refractivity contribution is 0.455. The number of ether oxygens (including phenoxy) is 1. The molecule has 0 saturated carbocycles. The van der Waals surface area contributed by atoms with Crippen molar-refractivity contribution in [2.24, 2.45) is 0 Å². The van der Waals surface area contributed by atoms with Gasteiger partial charge < -0.3 is 9.29 Å². The lowest BCUT2D eigenvalue weighted by atomic mass is 10.3. The van der Waals surface area contributed by atoms with Crippen molar-refractivity contribution in [1.82, 2.24) is 4.98 Å². The van der Waals surface area contributed by atoms with Crippen LogP contribution in [-0.2, 0) is 11.1 Å². The summed E-state index contributed by atoms with van der Waals surface area (Å²) in [5.74, 6) is 0.872. The second kappa shape index (κ2) is 4.87. The fraction of sp³-hybridized carbons (Fsp3) is 0. The third-order valence-electron chi connectivity index (χ3n) is 1.83. The average Bonchev–Trinajstić information content (AvgIpc) is 2.30. The van der Waals surface area contributed by atoms with Crippen LogP contribution in [0.3, 0.4) is 0 Å². The van der Waals surface area contributed by atoms with Crippen LogP contribution in [0.4, 0.5) is 0 Å². The van der Waals surface area contributed by atoms with Gasteiger partial charge in [-0.3, -0.25) is 4.21 Å². The van der Waals surface area contributed by atoms with Gasteiger partial charge in [0.1, 0.15) is 10.8 Å². The van der Waals surface area contributed by atoms with E-state index in [1.165, 1.54) is 6.07 Å². The van der Waals surface area contributed by atoms with Gasteiger partial charge in [-0.2, -0.15) is 0 Å². The zero-order valence-corrected chi connectivity index (χ0v) is 9.02. The first kappa shape index (κ1) is 10.8. The standard InChI is InChI=1S/C11H9NO3S/c13-16(14)11-8-4-7-10(12-11)15-9-5-2-1-3-6-9/h1-8H,(H,13,14)/p-1. The molecule has 2 aromatic rings. The largest absolute Gasteiger partial charge is 0.767 e.